The summed E-state index contributed by atoms with van der Waals surface area (Å²) in [6, 6.07) is -1.09. The van der Waals surface area contributed by atoms with E-state index in [4.69, 9.17) is 4.74 Å². The van der Waals surface area contributed by atoms with Gasteiger partial charge in [-0.2, -0.15) is 5.11 Å². The van der Waals surface area contributed by atoms with E-state index >= 15 is 0 Å². The zero-order valence-electron chi connectivity index (χ0n) is 12.3. The predicted octanol–water partition coefficient (Wildman–Crippen LogP) is 3.57. The summed E-state index contributed by atoms with van der Waals surface area (Å²) in [7, 11) is 0. The fourth-order valence-corrected chi connectivity index (χ4v) is 2.42. The number of carbonyl (C=O) groups is 2. The van der Waals surface area contributed by atoms with Gasteiger partial charge in [0.15, 0.2) is 6.04 Å². The Hall–Kier alpha value is -1.72. The first-order chi connectivity index (χ1) is 9.20. The molecule has 0 aromatic rings. The molecule has 0 saturated heterocycles. The van der Waals surface area contributed by atoms with Crippen LogP contribution < -0.4 is 0 Å². The van der Waals surface area contributed by atoms with Crippen LogP contribution in [0.4, 0.5) is 4.79 Å². The monoisotopic (exact) mass is 282 g/mol. The third kappa shape index (κ3) is 4.15. The maximum Gasteiger partial charge on any atom is 0.452 e. The molecule has 1 aliphatic rings. The molecule has 6 nitrogen and oxygen atoms in total. The van der Waals surface area contributed by atoms with Crippen LogP contribution in [0.5, 0.6) is 0 Å². The van der Waals surface area contributed by atoms with Crippen molar-refractivity contribution in [2.24, 2.45) is 15.6 Å². The van der Waals surface area contributed by atoms with Gasteiger partial charge in [0.05, 0.1) is 0 Å². The Morgan fingerprint density at radius 2 is 1.90 bits per heavy atom. The standard InChI is InChI=1S/C14H22N2O4/c1-5-14(8-6-7-9-14)10(11(17)18)15-16-12(19)20-13(2,3)4/h5,10H,1,6-9H2,2-4H3,(H,17,18). The molecular formula is C14H22N2O4. The van der Waals surface area contributed by atoms with E-state index in [1.54, 1.807) is 26.8 Å². The lowest BCUT2D eigenvalue weighted by molar-refractivity contribution is -0.141. The summed E-state index contributed by atoms with van der Waals surface area (Å²) in [4.78, 5) is 22.9. The lowest BCUT2D eigenvalue weighted by Crippen LogP contribution is -2.36. The van der Waals surface area contributed by atoms with Crippen molar-refractivity contribution in [2.75, 3.05) is 0 Å². The third-order valence-corrected chi connectivity index (χ3v) is 3.37. The molecule has 1 N–H and O–H groups in total. The van der Waals surface area contributed by atoms with Crippen LogP contribution in [-0.4, -0.2) is 28.8 Å². The molecule has 6 heteroatoms. The molecular weight excluding hydrogens is 260 g/mol. The minimum Gasteiger partial charge on any atom is -0.480 e. The van der Waals surface area contributed by atoms with Crippen LogP contribution in [0.15, 0.2) is 22.9 Å². The van der Waals surface area contributed by atoms with Gasteiger partial charge in [-0.05, 0) is 33.6 Å². The molecule has 112 valence electrons. The Labute approximate surface area is 118 Å². The summed E-state index contributed by atoms with van der Waals surface area (Å²) < 4.78 is 4.98. The molecule has 1 saturated carbocycles. The van der Waals surface area contributed by atoms with Crippen LogP contribution in [-0.2, 0) is 9.53 Å². The van der Waals surface area contributed by atoms with E-state index in [0.717, 1.165) is 12.8 Å². The molecule has 0 spiro atoms. The molecule has 1 atom stereocenters. The van der Waals surface area contributed by atoms with Crippen LogP contribution in [0.3, 0.4) is 0 Å². The van der Waals surface area contributed by atoms with Crippen molar-refractivity contribution in [1.82, 2.24) is 0 Å². The van der Waals surface area contributed by atoms with E-state index < -0.39 is 29.1 Å². The highest BCUT2D eigenvalue weighted by atomic mass is 16.6. The van der Waals surface area contributed by atoms with Crippen molar-refractivity contribution in [3.63, 3.8) is 0 Å². The maximum absolute atomic E-state index is 11.5. The van der Waals surface area contributed by atoms with Gasteiger partial charge in [0.2, 0.25) is 0 Å². The van der Waals surface area contributed by atoms with E-state index in [1.165, 1.54) is 0 Å². The lowest BCUT2D eigenvalue weighted by Gasteiger charge is -2.27. The Morgan fingerprint density at radius 1 is 1.35 bits per heavy atom. The minimum atomic E-state index is -1.10. The Bertz CT molecular complexity index is 417. The molecule has 0 radical (unpaired) electrons. The smallest absolute Gasteiger partial charge is 0.452 e. The van der Waals surface area contributed by atoms with E-state index in [2.05, 4.69) is 16.8 Å². The number of rotatable bonds is 4. The van der Waals surface area contributed by atoms with Crippen molar-refractivity contribution in [3.05, 3.63) is 12.7 Å². The number of nitrogens with zero attached hydrogens (tertiary/aromatic N) is 2. The maximum atomic E-state index is 11.5. The van der Waals surface area contributed by atoms with Crippen molar-refractivity contribution in [3.8, 4) is 0 Å². The summed E-state index contributed by atoms with van der Waals surface area (Å²) >= 11 is 0. The molecule has 0 aromatic heterocycles. The van der Waals surface area contributed by atoms with Gasteiger partial charge in [-0.1, -0.05) is 24.0 Å². The highest BCUT2D eigenvalue weighted by Gasteiger charge is 2.43. The zero-order chi connectivity index (χ0) is 15.4. The average Bonchev–Trinajstić information content (AvgIpc) is 2.76. The number of hydrogen-bond acceptors (Lipinski definition) is 4. The Balaban J connectivity index is 2.85. The normalized spacial score (nSPS) is 19.8. The quantitative estimate of drug-likeness (QED) is 0.630. The van der Waals surface area contributed by atoms with Crippen LogP contribution in [0.1, 0.15) is 46.5 Å². The molecule has 1 fully saturated rings. The fraction of sp³-hybridized carbons (Fsp3) is 0.714. The first-order valence-corrected chi connectivity index (χ1v) is 6.70. The van der Waals surface area contributed by atoms with Crippen molar-refractivity contribution in [2.45, 2.75) is 58.1 Å². The molecule has 0 bridgehead atoms. The highest BCUT2D eigenvalue weighted by Crippen LogP contribution is 2.43. The van der Waals surface area contributed by atoms with Gasteiger partial charge in [0, 0.05) is 5.41 Å². The molecule has 1 unspecified atom stereocenters. The Kier molecular flexibility index (Phi) is 5.03. The molecule has 20 heavy (non-hydrogen) atoms. The van der Waals surface area contributed by atoms with E-state index in [-0.39, 0.29) is 0 Å². The van der Waals surface area contributed by atoms with E-state index in [1.807, 2.05) is 0 Å². The second-order valence-corrected chi connectivity index (χ2v) is 6.08. The van der Waals surface area contributed by atoms with Crippen molar-refractivity contribution < 1.29 is 19.4 Å². The van der Waals surface area contributed by atoms with Crippen LogP contribution in [0.2, 0.25) is 0 Å². The summed E-state index contributed by atoms with van der Waals surface area (Å²) in [6.07, 6.45) is 4.00. The lowest BCUT2D eigenvalue weighted by atomic mass is 9.79. The molecule has 1 rings (SSSR count). The van der Waals surface area contributed by atoms with Crippen LogP contribution >= 0.6 is 0 Å². The second-order valence-electron chi connectivity index (χ2n) is 6.08. The van der Waals surface area contributed by atoms with Gasteiger partial charge in [-0.25, -0.2) is 9.59 Å². The summed E-state index contributed by atoms with van der Waals surface area (Å²) in [5, 5.41) is 16.4. The van der Waals surface area contributed by atoms with Gasteiger partial charge >= 0.3 is 12.1 Å². The van der Waals surface area contributed by atoms with Crippen molar-refractivity contribution in [1.29, 1.82) is 0 Å². The largest absolute Gasteiger partial charge is 0.480 e. The minimum absolute atomic E-state index is 0.614. The van der Waals surface area contributed by atoms with Crippen molar-refractivity contribution >= 4 is 12.1 Å². The van der Waals surface area contributed by atoms with Gasteiger partial charge in [0.1, 0.15) is 5.60 Å². The number of carbonyl (C=O) groups excluding carboxylic acids is 1. The topological polar surface area (TPSA) is 88.3 Å². The number of aliphatic carboxylic acids is 1. The fourth-order valence-electron chi connectivity index (χ4n) is 2.42. The number of azo groups is 1. The average molecular weight is 282 g/mol. The second kappa shape index (κ2) is 6.15. The predicted molar refractivity (Wildman–Crippen MR) is 73.6 cm³/mol. The van der Waals surface area contributed by atoms with Crippen LogP contribution in [0.25, 0.3) is 0 Å². The number of ether oxygens (including phenoxy) is 1. The highest BCUT2D eigenvalue weighted by molar-refractivity contribution is 5.76. The number of carboxylic acids is 1. The summed E-state index contributed by atoms with van der Waals surface area (Å²) in [5.41, 5.74) is -1.30. The van der Waals surface area contributed by atoms with E-state index in [9.17, 15) is 14.7 Å². The van der Waals surface area contributed by atoms with E-state index in [0.29, 0.717) is 12.8 Å². The van der Waals surface area contributed by atoms with Gasteiger partial charge in [-0.3, -0.25) is 0 Å². The SMILES string of the molecule is C=CC1(C(N=NC(=O)OC(C)(C)C)C(=O)O)CCCC1. The summed E-state index contributed by atoms with van der Waals surface area (Å²) in [5.74, 6) is -1.10. The summed E-state index contributed by atoms with van der Waals surface area (Å²) in [6.45, 7) is 8.84. The molecule has 1 aliphatic carbocycles. The van der Waals surface area contributed by atoms with Crippen LogP contribution in [0, 0.1) is 5.41 Å². The van der Waals surface area contributed by atoms with Gasteiger partial charge in [0.25, 0.3) is 0 Å². The molecule has 0 aliphatic heterocycles. The first-order valence-electron chi connectivity index (χ1n) is 6.70. The van der Waals surface area contributed by atoms with Gasteiger partial charge in [-0.15, -0.1) is 6.58 Å². The zero-order valence-corrected chi connectivity index (χ0v) is 12.3. The number of amides is 1. The molecule has 1 amide bonds. The molecule has 0 aromatic carbocycles. The third-order valence-electron chi connectivity index (χ3n) is 3.37. The number of carboxylic acid groups (broad SMARTS) is 1. The Morgan fingerprint density at radius 3 is 2.30 bits per heavy atom. The number of hydrogen-bond donors (Lipinski definition) is 1. The van der Waals surface area contributed by atoms with Gasteiger partial charge < -0.3 is 9.84 Å². The molecule has 0 heterocycles. The first kappa shape index (κ1) is 16.3.